The van der Waals surface area contributed by atoms with Crippen molar-refractivity contribution in [3.8, 4) is 0 Å². The molecule has 1 N–H and O–H groups in total. The van der Waals surface area contributed by atoms with E-state index in [0.717, 1.165) is 29.7 Å². The summed E-state index contributed by atoms with van der Waals surface area (Å²) in [6.07, 6.45) is -4.16. The molecule has 0 aliphatic rings. The molecule has 3 aromatic rings. The number of carbonyl (C=O) groups is 1. The third kappa shape index (κ3) is 5.42. The van der Waals surface area contributed by atoms with E-state index in [1.165, 1.54) is 0 Å². The van der Waals surface area contributed by atoms with Crippen LogP contribution in [0, 0.1) is 13.8 Å². The number of anilines is 1. The monoisotopic (exact) mass is 448 g/mol. The number of fused-ring (bicyclic) bond motifs is 1. The summed E-state index contributed by atoms with van der Waals surface area (Å²) in [6.45, 7) is 10.3. The standard InChI is InChI=1S/C22H27F3N6O/c1-5-30(6-2)13-16-8-7-9-17(12-16)27-19(32)11-10-18-14(3)26-21-28-20(22(23,24)25)29-31(21)15(18)4/h7-9,12H,5-6,10-11,13H2,1-4H3,(H,27,32). The van der Waals surface area contributed by atoms with Crippen LogP contribution in [0.2, 0.25) is 0 Å². The second kappa shape index (κ2) is 9.64. The quantitative estimate of drug-likeness (QED) is 0.560. The first-order chi connectivity index (χ1) is 15.1. The van der Waals surface area contributed by atoms with Gasteiger partial charge in [-0.3, -0.25) is 9.69 Å². The molecule has 32 heavy (non-hydrogen) atoms. The predicted molar refractivity (Wildman–Crippen MR) is 115 cm³/mol. The molecule has 2 aromatic heterocycles. The number of nitrogens with one attached hydrogen (secondary N) is 1. The summed E-state index contributed by atoms with van der Waals surface area (Å²) in [5.41, 5.74) is 3.53. The van der Waals surface area contributed by atoms with E-state index in [1.54, 1.807) is 13.8 Å². The maximum absolute atomic E-state index is 12.9. The fourth-order valence-corrected chi connectivity index (χ4v) is 3.61. The van der Waals surface area contributed by atoms with Crippen molar-refractivity contribution >= 4 is 17.4 Å². The van der Waals surface area contributed by atoms with Crippen molar-refractivity contribution in [2.45, 2.75) is 53.3 Å². The number of alkyl halides is 3. The lowest BCUT2D eigenvalue weighted by molar-refractivity contribution is -0.144. The highest BCUT2D eigenvalue weighted by atomic mass is 19.4. The van der Waals surface area contributed by atoms with Gasteiger partial charge < -0.3 is 5.32 Å². The molecule has 0 bridgehead atoms. The van der Waals surface area contributed by atoms with E-state index < -0.39 is 12.0 Å². The zero-order valence-electron chi connectivity index (χ0n) is 18.6. The minimum atomic E-state index is -4.64. The third-order valence-corrected chi connectivity index (χ3v) is 5.42. The van der Waals surface area contributed by atoms with Crippen LogP contribution in [0.4, 0.5) is 18.9 Å². The van der Waals surface area contributed by atoms with Gasteiger partial charge in [-0.2, -0.15) is 18.2 Å². The molecule has 172 valence electrons. The number of rotatable bonds is 8. The zero-order valence-corrected chi connectivity index (χ0v) is 18.6. The van der Waals surface area contributed by atoms with Gasteiger partial charge in [0.05, 0.1) is 0 Å². The van der Waals surface area contributed by atoms with Crippen LogP contribution < -0.4 is 5.32 Å². The Labute approximate surface area is 184 Å². The summed E-state index contributed by atoms with van der Waals surface area (Å²) >= 11 is 0. The molecular weight excluding hydrogens is 421 g/mol. The average molecular weight is 448 g/mol. The Kier molecular flexibility index (Phi) is 7.12. The predicted octanol–water partition coefficient (Wildman–Crippen LogP) is 4.17. The molecule has 0 saturated heterocycles. The Morgan fingerprint density at radius 1 is 1.16 bits per heavy atom. The molecule has 0 radical (unpaired) electrons. The molecule has 3 rings (SSSR count). The topological polar surface area (TPSA) is 75.4 Å². The first-order valence-electron chi connectivity index (χ1n) is 10.5. The Bertz CT molecular complexity index is 1100. The third-order valence-electron chi connectivity index (χ3n) is 5.42. The maximum atomic E-state index is 12.9. The number of aromatic nitrogens is 4. The minimum Gasteiger partial charge on any atom is -0.326 e. The summed E-state index contributed by atoms with van der Waals surface area (Å²) in [5, 5.41) is 6.44. The smallest absolute Gasteiger partial charge is 0.326 e. The Morgan fingerprint density at radius 3 is 2.53 bits per heavy atom. The summed E-state index contributed by atoms with van der Waals surface area (Å²) in [5.74, 6) is -1.52. The van der Waals surface area contributed by atoms with Crippen molar-refractivity contribution < 1.29 is 18.0 Å². The highest BCUT2D eigenvalue weighted by Gasteiger charge is 2.37. The molecule has 0 unspecified atom stereocenters. The molecule has 0 saturated carbocycles. The lowest BCUT2D eigenvalue weighted by Gasteiger charge is -2.18. The van der Waals surface area contributed by atoms with Gasteiger partial charge in [-0.25, -0.2) is 9.50 Å². The second-order valence-corrected chi connectivity index (χ2v) is 7.62. The molecular formula is C22H27F3N6O. The van der Waals surface area contributed by atoms with Crippen molar-refractivity contribution in [1.29, 1.82) is 0 Å². The maximum Gasteiger partial charge on any atom is 0.453 e. The fraction of sp³-hybridized carbons (Fsp3) is 0.455. The molecule has 0 aliphatic heterocycles. The summed E-state index contributed by atoms with van der Waals surface area (Å²) < 4.78 is 39.9. The zero-order chi connectivity index (χ0) is 23.5. The van der Waals surface area contributed by atoms with Gasteiger partial charge >= 0.3 is 6.18 Å². The number of carbonyl (C=O) groups excluding carboxylic acids is 1. The first kappa shape index (κ1) is 23.6. The van der Waals surface area contributed by atoms with Crippen LogP contribution in [-0.2, 0) is 23.9 Å². The lowest BCUT2D eigenvalue weighted by atomic mass is 10.1. The van der Waals surface area contributed by atoms with Gasteiger partial charge in [-0.05, 0) is 56.6 Å². The van der Waals surface area contributed by atoms with Crippen molar-refractivity contribution in [1.82, 2.24) is 24.5 Å². The van der Waals surface area contributed by atoms with Crippen LogP contribution >= 0.6 is 0 Å². The first-order valence-corrected chi connectivity index (χ1v) is 10.5. The number of hydrogen-bond donors (Lipinski definition) is 1. The molecule has 7 nitrogen and oxygen atoms in total. The summed E-state index contributed by atoms with van der Waals surface area (Å²) in [7, 11) is 0. The Morgan fingerprint density at radius 2 is 1.88 bits per heavy atom. The van der Waals surface area contributed by atoms with E-state index in [0.29, 0.717) is 29.1 Å². The fourth-order valence-electron chi connectivity index (χ4n) is 3.61. The van der Waals surface area contributed by atoms with E-state index in [4.69, 9.17) is 0 Å². The van der Waals surface area contributed by atoms with E-state index in [9.17, 15) is 18.0 Å². The van der Waals surface area contributed by atoms with Crippen molar-refractivity contribution in [3.05, 3.63) is 52.6 Å². The van der Waals surface area contributed by atoms with Crippen molar-refractivity contribution in [2.24, 2.45) is 0 Å². The number of nitrogens with zero attached hydrogens (tertiary/aromatic N) is 5. The lowest BCUT2D eigenvalue weighted by Crippen LogP contribution is -2.22. The van der Waals surface area contributed by atoms with Gasteiger partial charge in [0.25, 0.3) is 11.6 Å². The van der Waals surface area contributed by atoms with Gasteiger partial charge in [-0.1, -0.05) is 26.0 Å². The van der Waals surface area contributed by atoms with E-state index >= 15 is 0 Å². The highest BCUT2D eigenvalue weighted by molar-refractivity contribution is 5.90. The van der Waals surface area contributed by atoms with Crippen LogP contribution in [0.3, 0.4) is 0 Å². The van der Waals surface area contributed by atoms with Crippen LogP contribution in [0.5, 0.6) is 0 Å². The van der Waals surface area contributed by atoms with Gasteiger partial charge in [0.15, 0.2) is 0 Å². The molecule has 1 aromatic carbocycles. The molecule has 0 spiro atoms. The highest BCUT2D eigenvalue weighted by Crippen LogP contribution is 2.27. The number of aryl methyl sites for hydroxylation is 2. The summed E-state index contributed by atoms with van der Waals surface area (Å²) in [4.78, 5) is 22.4. The molecule has 0 fully saturated rings. The van der Waals surface area contributed by atoms with Crippen LogP contribution in [0.25, 0.3) is 5.78 Å². The molecule has 10 heteroatoms. The molecule has 0 aliphatic carbocycles. The molecule has 2 heterocycles. The van der Waals surface area contributed by atoms with Gasteiger partial charge in [-0.15, -0.1) is 5.10 Å². The van der Waals surface area contributed by atoms with Crippen molar-refractivity contribution in [2.75, 3.05) is 18.4 Å². The van der Waals surface area contributed by atoms with Gasteiger partial charge in [0.2, 0.25) is 5.91 Å². The van der Waals surface area contributed by atoms with E-state index in [-0.39, 0.29) is 18.1 Å². The van der Waals surface area contributed by atoms with Crippen LogP contribution in [-0.4, -0.2) is 43.5 Å². The van der Waals surface area contributed by atoms with Gasteiger partial charge in [0, 0.05) is 30.0 Å². The minimum absolute atomic E-state index is 0.106. The number of halogens is 3. The number of hydrogen-bond acceptors (Lipinski definition) is 5. The normalized spacial score (nSPS) is 12.0. The molecule has 0 atom stereocenters. The SMILES string of the molecule is CCN(CC)Cc1cccc(NC(=O)CCc2c(C)nc3nc(C(F)(F)F)nn3c2C)c1. The number of benzene rings is 1. The Hall–Kier alpha value is -3.01. The Balaban J connectivity index is 1.70. The second-order valence-electron chi connectivity index (χ2n) is 7.62. The van der Waals surface area contributed by atoms with Gasteiger partial charge in [0.1, 0.15) is 0 Å². The molecule has 1 amide bonds. The largest absolute Gasteiger partial charge is 0.453 e. The number of amides is 1. The van der Waals surface area contributed by atoms with Crippen LogP contribution in [0.15, 0.2) is 24.3 Å². The van der Waals surface area contributed by atoms with E-state index in [1.807, 2.05) is 24.3 Å². The average Bonchev–Trinajstić information content (AvgIpc) is 3.17. The van der Waals surface area contributed by atoms with Crippen molar-refractivity contribution in [3.63, 3.8) is 0 Å². The summed E-state index contributed by atoms with van der Waals surface area (Å²) in [6, 6.07) is 7.72. The van der Waals surface area contributed by atoms with E-state index in [2.05, 4.69) is 39.1 Å². The van der Waals surface area contributed by atoms with Crippen LogP contribution in [0.1, 0.15) is 48.6 Å².